The highest BCUT2D eigenvalue weighted by Crippen LogP contribution is 2.44. The number of halogens is 2. The minimum Gasteiger partial charge on any atom is -0.0922 e. The topological polar surface area (TPSA) is 0 Å². The van der Waals surface area contributed by atoms with Gasteiger partial charge in [0.05, 0.1) is 0 Å². The number of rotatable bonds is 6. The zero-order valence-corrected chi connectivity index (χ0v) is 15.7. The molecule has 0 spiro atoms. The second-order valence-corrected chi connectivity index (χ2v) is 8.00. The third-order valence-electron chi connectivity index (χ3n) is 4.88. The monoisotopic (exact) mass is 400 g/mol. The highest BCUT2D eigenvalue weighted by molar-refractivity contribution is 9.10. The van der Waals surface area contributed by atoms with E-state index in [2.05, 4.69) is 63.0 Å². The van der Waals surface area contributed by atoms with Crippen LogP contribution in [0.3, 0.4) is 0 Å². The molecule has 1 aliphatic rings. The molecule has 0 nitrogen and oxygen atoms in total. The first-order chi connectivity index (χ1) is 9.67. The van der Waals surface area contributed by atoms with Crippen molar-refractivity contribution in [2.75, 3.05) is 5.33 Å². The van der Waals surface area contributed by atoms with Crippen LogP contribution in [0.15, 0.2) is 28.7 Å². The first-order valence-corrected chi connectivity index (χ1v) is 9.89. The minimum absolute atomic E-state index is 0.490. The highest BCUT2D eigenvalue weighted by Gasteiger charge is 2.34. The Kier molecular flexibility index (Phi) is 6.61. The van der Waals surface area contributed by atoms with E-state index in [9.17, 15) is 0 Å². The van der Waals surface area contributed by atoms with E-state index in [0.717, 1.165) is 11.2 Å². The molecule has 0 N–H and O–H groups in total. The second kappa shape index (κ2) is 7.98. The largest absolute Gasteiger partial charge is 0.0922 e. The summed E-state index contributed by atoms with van der Waals surface area (Å²) in [4.78, 5) is 0. The second-order valence-electron chi connectivity index (χ2n) is 6.53. The van der Waals surface area contributed by atoms with Gasteiger partial charge in [-0.3, -0.25) is 0 Å². The smallest absolute Gasteiger partial charge is 0.0177 e. The average molecular weight is 402 g/mol. The fourth-order valence-corrected chi connectivity index (χ4v) is 4.71. The summed E-state index contributed by atoms with van der Waals surface area (Å²) in [6.45, 7) is 2.30. The van der Waals surface area contributed by atoms with Crippen LogP contribution >= 0.6 is 31.9 Å². The summed E-state index contributed by atoms with van der Waals surface area (Å²) in [5.41, 5.74) is 1.97. The molecule has 20 heavy (non-hydrogen) atoms. The maximum absolute atomic E-state index is 3.81. The van der Waals surface area contributed by atoms with E-state index in [4.69, 9.17) is 0 Å². The van der Waals surface area contributed by atoms with Crippen LogP contribution in [0.25, 0.3) is 0 Å². The van der Waals surface area contributed by atoms with Crippen LogP contribution in [0, 0.1) is 11.3 Å². The molecule has 2 rings (SSSR count). The Hall–Kier alpha value is 0.180. The molecular weight excluding hydrogens is 376 g/mol. The summed E-state index contributed by atoms with van der Waals surface area (Å²) in [6.07, 6.45) is 11.1. The van der Waals surface area contributed by atoms with Gasteiger partial charge in [0.2, 0.25) is 0 Å². The number of benzene rings is 1. The molecule has 1 aromatic rings. The van der Waals surface area contributed by atoms with Gasteiger partial charge in [-0.25, -0.2) is 0 Å². The standard InChI is InChI=1S/C18H26Br2/c1-2-3-5-15-8-10-18(14-19,11-9-15)13-16-6-4-7-17(20)12-16/h4,6-7,12,15H,2-3,5,8-11,13-14H2,1H3. The van der Waals surface area contributed by atoms with Gasteiger partial charge in [0.15, 0.2) is 0 Å². The summed E-state index contributed by atoms with van der Waals surface area (Å²) in [5, 5.41) is 1.15. The lowest BCUT2D eigenvalue weighted by molar-refractivity contribution is 0.168. The van der Waals surface area contributed by atoms with E-state index >= 15 is 0 Å². The van der Waals surface area contributed by atoms with Crippen molar-refractivity contribution in [1.29, 1.82) is 0 Å². The van der Waals surface area contributed by atoms with Gasteiger partial charge in [-0.15, -0.1) is 0 Å². The summed E-state index contributed by atoms with van der Waals surface area (Å²) < 4.78 is 1.20. The predicted octanol–water partition coefficient (Wildman–Crippen LogP) is 6.75. The molecule has 1 aliphatic carbocycles. The summed E-state index contributed by atoms with van der Waals surface area (Å²) in [7, 11) is 0. The molecule has 1 aromatic carbocycles. The third-order valence-corrected chi connectivity index (χ3v) is 6.57. The number of hydrogen-bond donors (Lipinski definition) is 0. The maximum Gasteiger partial charge on any atom is 0.0177 e. The van der Waals surface area contributed by atoms with Gasteiger partial charge >= 0.3 is 0 Å². The van der Waals surface area contributed by atoms with Gasteiger partial charge in [-0.1, -0.05) is 70.2 Å². The van der Waals surface area contributed by atoms with Gasteiger partial charge in [0, 0.05) is 9.80 Å². The third kappa shape index (κ3) is 4.59. The number of hydrogen-bond acceptors (Lipinski definition) is 0. The van der Waals surface area contributed by atoms with Gasteiger partial charge in [0.1, 0.15) is 0 Å². The van der Waals surface area contributed by atoms with E-state index in [-0.39, 0.29) is 0 Å². The van der Waals surface area contributed by atoms with Crippen molar-refractivity contribution in [2.45, 2.75) is 58.3 Å². The summed E-state index contributed by atoms with van der Waals surface area (Å²) >= 11 is 7.40. The van der Waals surface area contributed by atoms with E-state index in [1.54, 1.807) is 0 Å². The lowest BCUT2D eigenvalue weighted by Gasteiger charge is -2.39. The molecule has 1 fully saturated rings. The first kappa shape index (κ1) is 16.5. The van der Waals surface area contributed by atoms with E-state index in [1.165, 1.54) is 61.4 Å². The van der Waals surface area contributed by atoms with Crippen molar-refractivity contribution in [3.8, 4) is 0 Å². The van der Waals surface area contributed by atoms with Crippen LogP contribution in [0.4, 0.5) is 0 Å². The Bertz CT molecular complexity index is 406. The molecule has 0 radical (unpaired) electrons. The molecule has 112 valence electrons. The quantitative estimate of drug-likeness (QED) is 0.462. The lowest BCUT2D eigenvalue weighted by Crippen LogP contribution is -2.31. The van der Waals surface area contributed by atoms with Crippen LogP contribution in [0.1, 0.15) is 57.4 Å². The van der Waals surface area contributed by atoms with Crippen LogP contribution in [-0.2, 0) is 6.42 Å². The van der Waals surface area contributed by atoms with Crippen molar-refractivity contribution >= 4 is 31.9 Å². The Morgan fingerprint density at radius 2 is 2.00 bits per heavy atom. The fraction of sp³-hybridized carbons (Fsp3) is 0.667. The number of alkyl halides is 1. The van der Waals surface area contributed by atoms with Gasteiger partial charge in [0.25, 0.3) is 0 Å². The van der Waals surface area contributed by atoms with Crippen molar-refractivity contribution in [1.82, 2.24) is 0 Å². The van der Waals surface area contributed by atoms with Crippen molar-refractivity contribution in [2.24, 2.45) is 11.3 Å². The molecule has 0 amide bonds. The molecular formula is C18H26Br2. The van der Waals surface area contributed by atoms with Crippen LogP contribution in [0.2, 0.25) is 0 Å². The van der Waals surface area contributed by atoms with E-state index in [1.807, 2.05) is 0 Å². The zero-order chi connectivity index (χ0) is 14.4. The Labute approximate surface area is 141 Å². The molecule has 0 unspecified atom stereocenters. The summed E-state index contributed by atoms with van der Waals surface area (Å²) in [6, 6.07) is 8.84. The Balaban J connectivity index is 1.94. The van der Waals surface area contributed by atoms with Crippen molar-refractivity contribution < 1.29 is 0 Å². The Morgan fingerprint density at radius 3 is 2.60 bits per heavy atom. The summed E-state index contributed by atoms with van der Waals surface area (Å²) in [5.74, 6) is 0.990. The van der Waals surface area contributed by atoms with Crippen molar-refractivity contribution in [3.63, 3.8) is 0 Å². The average Bonchev–Trinajstić information content (AvgIpc) is 2.47. The zero-order valence-electron chi connectivity index (χ0n) is 12.5. The molecule has 0 atom stereocenters. The lowest BCUT2D eigenvalue weighted by atomic mass is 9.68. The van der Waals surface area contributed by atoms with E-state index < -0.39 is 0 Å². The molecule has 0 saturated heterocycles. The SMILES string of the molecule is CCCCC1CCC(CBr)(Cc2cccc(Br)c2)CC1. The Morgan fingerprint density at radius 1 is 1.25 bits per heavy atom. The molecule has 1 saturated carbocycles. The molecule has 0 aliphatic heterocycles. The van der Waals surface area contributed by atoms with Crippen LogP contribution in [-0.4, -0.2) is 5.33 Å². The van der Waals surface area contributed by atoms with Crippen LogP contribution < -0.4 is 0 Å². The molecule has 2 heteroatoms. The molecule has 0 heterocycles. The normalized spacial score (nSPS) is 26.6. The van der Waals surface area contributed by atoms with Gasteiger partial charge < -0.3 is 0 Å². The highest BCUT2D eigenvalue weighted by atomic mass is 79.9. The molecule has 0 aromatic heterocycles. The predicted molar refractivity (Wildman–Crippen MR) is 95.6 cm³/mol. The minimum atomic E-state index is 0.490. The van der Waals surface area contributed by atoms with Gasteiger partial charge in [-0.2, -0.15) is 0 Å². The first-order valence-electron chi connectivity index (χ1n) is 7.98. The molecule has 0 bridgehead atoms. The van der Waals surface area contributed by atoms with Gasteiger partial charge in [-0.05, 0) is 61.1 Å². The fourth-order valence-electron chi connectivity index (χ4n) is 3.51. The maximum atomic E-state index is 3.81. The van der Waals surface area contributed by atoms with Crippen LogP contribution in [0.5, 0.6) is 0 Å². The van der Waals surface area contributed by atoms with E-state index in [0.29, 0.717) is 5.41 Å². The van der Waals surface area contributed by atoms with Crippen molar-refractivity contribution in [3.05, 3.63) is 34.3 Å². The number of unbranched alkanes of at least 4 members (excludes halogenated alkanes) is 1.